The van der Waals surface area contributed by atoms with Crippen LogP contribution >= 0.6 is 0 Å². The number of rotatable bonds is 10. The first-order valence-electron chi connectivity index (χ1n) is 37.1. The Labute approximate surface area is 695 Å². The number of fused-ring (bicyclic) bond motifs is 4. The van der Waals surface area contributed by atoms with Crippen LogP contribution in [-0.2, 0) is 51.7 Å². The van der Waals surface area contributed by atoms with E-state index in [0.29, 0.717) is 23.7 Å². The molecule has 6 heteroatoms. The van der Waals surface area contributed by atoms with Crippen LogP contribution < -0.4 is 5.32 Å². The molecule has 0 bridgehead atoms. The average Bonchev–Trinajstić information content (AvgIpc) is 0.782. The summed E-state index contributed by atoms with van der Waals surface area (Å²) in [5.41, 5.74) is 21.9. The Hall–Kier alpha value is -11.0. The van der Waals surface area contributed by atoms with E-state index >= 15 is 0 Å². The first kappa shape index (κ1) is 86.2. The van der Waals surface area contributed by atoms with E-state index in [1.165, 1.54) is 44.1 Å². The normalized spacial score (nSPS) is 10.2. The third-order valence-corrected chi connectivity index (χ3v) is 17.7. The number of hydrogen-bond acceptors (Lipinski definition) is 3. The molecule has 14 aromatic carbocycles. The molecule has 1 N–H and O–H groups in total. The molecule has 0 unspecified atom stereocenters. The predicted octanol–water partition coefficient (Wildman–Crippen LogP) is 29.7. The van der Waals surface area contributed by atoms with Crippen molar-refractivity contribution in [2.45, 2.75) is 79.1 Å². The van der Waals surface area contributed by atoms with Gasteiger partial charge in [-0.3, -0.25) is 4.98 Å². The molecule has 0 amide bonds. The molecule has 0 aliphatic carbocycles. The van der Waals surface area contributed by atoms with Crippen molar-refractivity contribution in [3.8, 4) is 22.5 Å². The Balaban J connectivity index is 0.000000198. The van der Waals surface area contributed by atoms with Gasteiger partial charge in [0.1, 0.15) is 0 Å². The maximum Gasteiger partial charge on any atom is 4.00 e. The SMILES string of the molecule is CC(C)c1cccc(C(C)C)c1Nc1cccc2ccc(-c3cccc4ccccc34)nc12.CC(C)c1cccc(C(C)C)c1[N-]c1cccc2ccc(-c3[c-]ccc4ccccc34)nc12.[CH2-]c1ccccc1.[CH2-]c1ccccc1.[CH2-]c1ccccc1.[CH2-]c1ccccc1.[CH2-]c1ccccc1.[CH2-]c1ccccc1.[Hf+4].[Hf+4]. The molecule has 0 saturated heterocycles. The summed E-state index contributed by atoms with van der Waals surface area (Å²) in [4.78, 5) is 10.3. The van der Waals surface area contributed by atoms with E-state index in [1.54, 1.807) is 0 Å². The van der Waals surface area contributed by atoms with E-state index in [9.17, 15) is 0 Å². The van der Waals surface area contributed by atoms with Gasteiger partial charge in [0.25, 0.3) is 0 Å². The molecular formula is C104H100Hf2N4. The summed E-state index contributed by atoms with van der Waals surface area (Å²) in [7, 11) is 0. The van der Waals surface area contributed by atoms with E-state index in [-0.39, 0.29) is 51.7 Å². The molecular weight excluding hydrogens is 1660 g/mol. The third kappa shape index (κ3) is 26.1. The van der Waals surface area contributed by atoms with Gasteiger partial charge in [-0.05, 0) is 68.8 Å². The van der Waals surface area contributed by atoms with Gasteiger partial charge in [-0.2, -0.15) is 148 Å². The van der Waals surface area contributed by atoms with Crippen LogP contribution in [0.1, 0.15) is 135 Å². The van der Waals surface area contributed by atoms with Crippen molar-refractivity contribution in [3.63, 3.8) is 0 Å². The van der Waals surface area contributed by atoms with Crippen LogP contribution in [0.3, 0.4) is 0 Å². The molecule has 0 atom stereocenters. The summed E-state index contributed by atoms with van der Waals surface area (Å²) in [6.07, 6.45) is 0. The minimum Gasteiger partial charge on any atom is -0.656 e. The smallest absolute Gasteiger partial charge is 0.656 e. The zero-order valence-corrected chi connectivity index (χ0v) is 72.1. The zero-order chi connectivity index (χ0) is 76.6. The van der Waals surface area contributed by atoms with Crippen molar-refractivity contribution in [1.29, 1.82) is 0 Å². The second kappa shape index (κ2) is 45.1. The van der Waals surface area contributed by atoms with Gasteiger partial charge in [-0.1, -0.05) is 260 Å². The fourth-order valence-corrected chi connectivity index (χ4v) is 12.0. The average molecular weight is 1760 g/mol. The van der Waals surface area contributed by atoms with Crippen LogP contribution in [0.15, 0.2) is 358 Å². The summed E-state index contributed by atoms with van der Waals surface area (Å²) in [6, 6.07) is 124. The fourth-order valence-electron chi connectivity index (χ4n) is 12.0. The number of aromatic nitrogens is 2. The minimum atomic E-state index is 0. The fraction of sp³-hybridized carbons (Fsp3) is 0.115. The second-order valence-electron chi connectivity index (χ2n) is 27.5. The summed E-state index contributed by atoms with van der Waals surface area (Å²) in [5.74, 6) is 1.65. The molecule has 0 fully saturated rings. The largest absolute Gasteiger partial charge is 4.00 e. The molecule has 0 aliphatic rings. The molecule has 110 heavy (non-hydrogen) atoms. The Morgan fingerprint density at radius 1 is 0.291 bits per heavy atom. The number of pyridine rings is 2. The first-order chi connectivity index (χ1) is 52.4. The van der Waals surface area contributed by atoms with Gasteiger partial charge in [0, 0.05) is 22.2 Å². The standard InChI is InChI=1S/C31H30N2.C31H28N2.6C7H7.2Hf/c2*1-20(2)24-14-9-15-25(21(3)4)31(24)33-29-17-8-12-23-18-19-28(32-30(23)29)27-16-7-11-22-10-5-6-13-26(22)27;6*1-7-5-3-2-4-6-7;;/h5-21,33H,1-4H3;5-15,17-21H,1-4H3;6*2-6H,1H2;;/q;-2;6*-1;2*+4. The van der Waals surface area contributed by atoms with Gasteiger partial charge >= 0.3 is 51.7 Å². The molecule has 2 heterocycles. The van der Waals surface area contributed by atoms with Gasteiger partial charge in [-0.25, -0.2) is 4.98 Å². The maximum atomic E-state index is 5.24. The molecule has 4 nitrogen and oxygen atoms in total. The second-order valence-corrected chi connectivity index (χ2v) is 27.5. The van der Waals surface area contributed by atoms with Crippen LogP contribution in [0.2, 0.25) is 0 Å². The van der Waals surface area contributed by atoms with Crippen molar-refractivity contribution in [3.05, 3.63) is 466 Å². The first-order valence-corrected chi connectivity index (χ1v) is 37.1. The molecule has 16 aromatic rings. The van der Waals surface area contributed by atoms with Crippen molar-refractivity contribution in [1.82, 2.24) is 9.97 Å². The molecule has 2 aromatic heterocycles. The van der Waals surface area contributed by atoms with Crippen molar-refractivity contribution in [2.75, 3.05) is 5.32 Å². The topological polar surface area (TPSA) is 51.9 Å². The predicted molar refractivity (Wildman–Crippen MR) is 469 cm³/mol. The van der Waals surface area contributed by atoms with Crippen LogP contribution in [0.25, 0.3) is 71.2 Å². The van der Waals surface area contributed by atoms with Gasteiger partial charge in [-0.15, -0.1) is 113 Å². The van der Waals surface area contributed by atoms with E-state index in [1.807, 2.05) is 188 Å². The number of nitrogens with zero attached hydrogens (tertiary/aromatic N) is 3. The van der Waals surface area contributed by atoms with Crippen molar-refractivity contribution in [2.24, 2.45) is 0 Å². The summed E-state index contributed by atoms with van der Waals surface area (Å²) < 4.78 is 0. The molecule has 0 radical (unpaired) electrons. The summed E-state index contributed by atoms with van der Waals surface area (Å²) in [5, 5.41) is 16.1. The van der Waals surface area contributed by atoms with Crippen LogP contribution in [0.5, 0.6) is 0 Å². The molecule has 0 spiro atoms. The van der Waals surface area contributed by atoms with E-state index in [0.717, 1.165) is 100 Å². The van der Waals surface area contributed by atoms with Crippen LogP contribution in [-0.4, -0.2) is 9.97 Å². The van der Waals surface area contributed by atoms with Gasteiger partial charge in [0.2, 0.25) is 0 Å². The molecule has 0 saturated carbocycles. The quantitative estimate of drug-likeness (QED) is 0.110. The molecule has 544 valence electrons. The monoisotopic (exact) mass is 1760 g/mol. The van der Waals surface area contributed by atoms with E-state index < -0.39 is 0 Å². The van der Waals surface area contributed by atoms with Gasteiger partial charge < -0.3 is 10.6 Å². The third-order valence-electron chi connectivity index (χ3n) is 17.7. The molecule has 0 aliphatic heterocycles. The Kier molecular flexibility index (Phi) is 35.3. The number of para-hydroxylation sites is 4. The maximum absolute atomic E-state index is 5.24. The number of hydrogen-bond donors (Lipinski definition) is 1. The van der Waals surface area contributed by atoms with Crippen molar-refractivity contribution >= 4 is 66.1 Å². The summed E-state index contributed by atoms with van der Waals surface area (Å²) in [6.45, 7) is 40.3. The zero-order valence-electron chi connectivity index (χ0n) is 65.0. The number of anilines is 2. The summed E-state index contributed by atoms with van der Waals surface area (Å²) >= 11 is 0. The van der Waals surface area contributed by atoms with Gasteiger partial charge in [0.05, 0.1) is 16.9 Å². The number of benzene rings is 14. The van der Waals surface area contributed by atoms with Crippen LogP contribution in [0, 0.1) is 47.6 Å². The van der Waals surface area contributed by atoms with E-state index in [4.69, 9.17) is 15.3 Å². The number of nitrogens with one attached hydrogen (secondary N) is 1. The van der Waals surface area contributed by atoms with E-state index in [2.05, 4.69) is 278 Å². The molecule has 16 rings (SSSR count). The Morgan fingerprint density at radius 3 is 1.04 bits per heavy atom. The minimum absolute atomic E-state index is 0. The van der Waals surface area contributed by atoms with Gasteiger partial charge in [0.15, 0.2) is 0 Å². The Morgan fingerprint density at radius 2 is 0.618 bits per heavy atom. The van der Waals surface area contributed by atoms with Crippen molar-refractivity contribution < 1.29 is 51.7 Å². The Bertz CT molecular complexity index is 4760. The van der Waals surface area contributed by atoms with Crippen LogP contribution in [0.4, 0.5) is 22.7 Å².